The molecule has 2 aromatic rings. The minimum Gasteiger partial charge on any atom is -0.463 e. The van der Waals surface area contributed by atoms with Crippen LogP contribution in [0.3, 0.4) is 0 Å². The molecule has 0 atom stereocenters. The van der Waals surface area contributed by atoms with E-state index in [4.69, 9.17) is 9.47 Å². The molecule has 0 amide bonds. The van der Waals surface area contributed by atoms with Gasteiger partial charge in [-0.3, -0.25) is 0 Å². The van der Waals surface area contributed by atoms with E-state index in [9.17, 15) is 4.79 Å². The lowest BCUT2D eigenvalue weighted by molar-refractivity contribution is -0.137. The van der Waals surface area contributed by atoms with Gasteiger partial charge in [0, 0.05) is 12.3 Å². The number of ether oxygens (including phenoxy) is 2. The molecule has 3 nitrogen and oxygen atoms in total. The van der Waals surface area contributed by atoms with Crippen molar-refractivity contribution in [1.29, 1.82) is 0 Å². The number of carbonyl (C=O) groups is 1. The first-order valence-corrected chi connectivity index (χ1v) is 15.0. The van der Waals surface area contributed by atoms with Crippen LogP contribution in [0.25, 0.3) is 22.3 Å². The zero-order chi connectivity index (χ0) is 24.6. The standard InChI is InChI=1S/C29H40O3Si/c1-9-32-28(30)20-23(3)25-12-16-27(17-13-25)26-14-10-24(11-15-26)22(2)18-19-31-21-33(7,8)29(4,5)6/h10-18,20H,9,19,21H2,1-8H3. The molecule has 0 saturated carbocycles. The highest BCUT2D eigenvalue weighted by atomic mass is 28.3. The summed E-state index contributed by atoms with van der Waals surface area (Å²) in [6.45, 7) is 18.7. The van der Waals surface area contributed by atoms with Gasteiger partial charge in [-0.25, -0.2) is 4.79 Å². The maximum Gasteiger partial charge on any atom is 0.331 e. The highest BCUT2D eigenvalue weighted by Gasteiger charge is 2.35. The van der Waals surface area contributed by atoms with Gasteiger partial charge in [0.05, 0.1) is 21.3 Å². The number of rotatable bonds is 9. The Labute approximate surface area is 201 Å². The van der Waals surface area contributed by atoms with Crippen molar-refractivity contribution in [2.45, 2.75) is 59.7 Å². The van der Waals surface area contributed by atoms with Gasteiger partial charge < -0.3 is 9.47 Å². The van der Waals surface area contributed by atoms with Crippen molar-refractivity contribution >= 4 is 25.2 Å². The second-order valence-electron chi connectivity index (χ2n) is 10.3. The number of allylic oxidation sites excluding steroid dienone is 2. The highest BCUT2D eigenvalue weighted by molar-refractivity contribution is 6.80. The summed E-state index contributed by atoms with van der Waals surface area (Å²) in [4.78, 5) is 11.7. The fourth-order valence-corrected chi connectivity index (χ4v) is 4.19. The average molecular weight is 465 g/mol. The largest absolute Gasteiger partial charge is 0.463 e. The Bertz CT molecular complexity index is 975. The molecule has 0 aliphatic rings. The normalized spacial score (nSPS) is 13.2. The van der Waals surface area contributed by atoms with Crippen LogP contribution in [-0.2, 0) is 14.3 Å². The Hall–Kier alpha value is -2.43. The van der Waals surface area contributed by atoms with Gasteiger partial charge >= 0.3 is 5.97 Å². The Balaban J connectivity index is 2.00. The lowest BCUT2D eigenvalue weighted by Crippen LogP contribution is -2.42. The maximum absolute atomic E-state index is 11.7. The Morgan fingerprint density at radius 2 is 1.36 bits per heavy atom. The third-order valence-corrected chi connectivity index (χ3v) is 11.6. The fraction of sp³-hybridized carbons (Fsp3) is 0.414. The summed E-state index contributed by atoms with van der Waals surface area (Å²) in [7, 11) is -1.40. The zero-order valence-corrected chi connectivity index (χ0v) is 22.6. The summed E-state index contributed by atoms with van der Waals surface area (Å²) in [6, 6.07) is 16.9. The Morgan fingerprint density at radius 1 is 0.879 bits per heavy atom. The van der Waals surface area contributed by atoms with Gasteiger partial charge in [0.25, 0.3) is 0 Å². The molecule has 0 heterocycles. The van der Waals surface area contributed by atoms with Crippen LogP contribution in [0.2, 0.25) is 18.1 Å². The van der Waals surface area contributed by atoms with Crippen LogP contribution in [0.15, 0.2) is 60.7 Å². The van der Waals surface area contributed by atoms with Crippen LogP contribution in [0, 0.1) is 0 Å². The van der Waals surface area contributed by atoms with Gasteiger partial charge in [-0.05, 0) is 59.2 Å². The Kier molecular flexibility index (Phi) is 9.44. The third kappa shape index (κ3) is 7.83. The first-order chi connectivity index (χ1) is 15.4. The van der Waals surface area contributed by atoms with Crippen LogP contribution in [0.4, 0.5) is 0 Å². The van der Waals surface area contributed by atoms with Crippen LogP contribution >= 0.6 is 0 Å². The predicted octanol–water partition coefficient (Wildman–Crippen LogP) is 7.79. The van der Waals surface area contributed by atoms with Crippen molar-refractivity contribution in [2.75, 3.05) is 19.4 Å². The number of esters is 1. The molecular formula is C29H40O3Si. The van der Waals surface area contributed by atoms with Crippen molar-refractivity contribution < 1.29 is 14.3 Å². The monoisotopic (exact) mass is 464 g/mol. The summed E-state index contributed by atoms with van der Waals surface area (Å²) < 4.78 is 11.0. The van der Waals surface area contributed by atoms with E-state index in [1.165, 1.54) is 16.7 Å². The molecule has 0 aliphatic carbocycles. The second kappa shape index (κ2) is 11.6. The third-order valence-electron chi connectivity index (χ3n) is 6.64. The van der Waals surface area contributed by atoms with E-state index >= 15 is 0 Å². The molecule has 0 saturated heterocycles. The first kappa shape index (κ1) is 26.8. The molecule has 0 spiro atoms. The summed E-state index contributed by atoms with van der Waals surface area (Å²) in [6.07, 6.45) is 4.59. The van der Waals surface area contributed by atoms with Crippen molar-refractivity contribution in [3.8, 4) is 11.1 Å². The van der Waals surface area contributed by atoms with E-state index < -0.39 is 8.07 Å². The minimum absolute atomic E-state index is 0.302. The van der Waals surface area contributed by atoms with Crippen LogP contribution in [-0.4, -0.2) is 33.5 Å². The van der Waals surface area contributed by atoms with Crippen molar-refractivity contribution in [3.63, 3.8) is 0 Å². The summed E-state index contributed by atoms with van der Waals surface area (Å²) in [5, 5.41) is 0.343. The van der Waals surface area contributed by atoms with Gasteiger partial charge in [-0.2, -0.15) is 0 Å². The van der Waals surface area contributed by atoms with E-state index in [1.54, 1.807) is 6.08 Å². The van der Waals surface area contributed by atoms with Gasteiger partial charge in [0.15, 0.2) is 0 Å². The van der Waals surface area contributed by atoms with E-state index in [-0.39, 0.29) is 5.97 Å². The minimum atomic E-state index is -1.40. The van der Waals surface area contributed by atoms with Gasteiger partial charge in [-0.1, -0.05) is 88.5 Å². The molecule has 0 unspecified atom stereocenters. The summed E-state index contributed by atoms with van der Waals surface area (Å²) in [5.74, 6) is -0.302. The molecule has 2 aromatic carbocycles. The average Bonchev–Trinajstić information content (AvgIpc) is 2.76. The predicted molar refractivity (Wildman–Crippen MR) is 144 cm³/mol. The molecule has 2 rings (SSSR count). The van der Waals surface area contributed by atoms with Crippen LogP contribution in [0.1, 0.15) is 52.7 Å². The number of carbonyl (C=O) groups excluding carboxylic acids is 1. The SMILES string of the molecule is CCOC(=O)C=C(C)c1ccc(-c2ccc(C(C)=CCOC[Si](C)(C)C(C)(C)C)cc2)cc1. The van der Waals surface area contributed by atoms with E-state index in [1.807, 2.05) is 26.0 Å². The molecule has 0 radical (unpaired) electrons. The molecule has 4 heteroatoms. The van der Waals surface area contributed by atoms with Gasteiger partial charge in [0.2, 0.25) is 0 Å². The Morgan fingerprint density at radius 3 is 1.82 bits per heavy atom. The number of hydrogen-bond donors (Lipinski definition) is 0. The molecule has 0 aliphatic heterocycles. The molecule has 0 aromatic heterocycles. The fourth-order valence-electron chi connectivity index (χ4n) is 3.13. The van der Waals surface area contributed by atoms with Crippen molar-refractivity contribution in [2.24, 2.45) is 0 Å². The first-order valence-electron chi connectivity index (χ1n) is 11.8. The molecular weight excluding hydrogens is 424 g/mol. The lowest BCUT2D eigenvalue weighted by Gasteiger charge is -2.36. The molecule has 0 N–H and O–H groups in total. The van der Waals surface area contributed by atoms with Crippen LogP contribution in [0.5, 0.6) is 0 Å². The summed E-state index contributed by atoms with van der Waals surface area (Å²) >= 11 is 0. The quantitative estimate of drug-likeness (QED) is 0.164. The van der Waals surface area contributed by atoms with Gasteiger partial charge in [-0.15, -0.1) is 0 Å². The van der Waals surface area contributed by atoms with E-state index in [0.717, 1.165) is 22.9 Å². The second-order valence-corrected chi connectivity index (χ2v) is 15.8. The van der Waals surface area contributed by atoms with Crippen LogP contribution < -0.4 is 0 Å². The number of hydrogen-bond acceptors (Lipinski definition) is 3. The molecule has 0 fully saturated rings. The van der Waals surface area contributed by atoms with E-state index in [2.05, 4.69) is 83.3 Å². The smallest absolute Gasteiger partial charge is 0.331 e. The van der Waals surface area contributed by atoms with E-state index in [0.29, 0.717) is 18.3 Å². The molecule has 33 heavy (non-hydrogen) atoms. The lowest BCUT2D eigenvalue weighted by atomic mass is 9.98. The topological polar surface area (TPSA) is 35.5 Å². The van der Waals surface area contributed by atoms with Crippen molar-refractivity contribution in [3.05, 3.63) is 71.8 Å². The molecule has 0 bridgehead atoms. The molecule has 178 valence electrons. The summed E-state index contributed by atoms with van der Waals surface area (Å²) in [5.41, 5.74) is 6.66. The van der Waals surface area contributed by atoms with Crippen molar-refractivity contribution in [1.82, 2.24) is 0 Å². The van der Waals surface area contributed by atoms with Gasteiger partial charge in [0.1, 0.15) is 0 Å². The number of benzene rings is 2. The highest BCUT2D eigenvalue weighted by Crippen LogP contribution is 2.35. The zero-order valence-electron chi connectivity index (χ0n) is 21.6. The maximum atomic E-state index is 11.7.